The standard InChI is InChI=1S/C20H19N3O3/c24-18(22-14-11-13-5-1-4-8-17(13)21-12-14)9-10-23-19(25)15-6-2-3-7-16(15)20(23)26/h1-5,8,11-12,15-16H,6-7,9-10H2,(H,22,24)/t15-,16+. The second-order valence-electron chi connectivity index (χ2n) is 6.70. The largest absolute Gasteiger partial charge is 0.325 e. The number of carbonyl (C=O) groups is 3. The van der Waals surface area contributed by atoms with Gasteiger partial charge in [-0.1, -0.05) is 30.4 Å². The van der Waals surface area contributed by atoms with Gasteiger partial charge in [0, 0.05) is 18.4 Å². The molecular weight excluding hydrogens is 330 g/mol. The number of nitrogens with one attached hydrogen (secondary N) is 1. The molecule has 1 fully saturated rings. The van der Waals surface area contributed by atoms with Crippen molar-refractivity contribution in [3.63, 3.8) is 0 Å². The van der Waals surface area contributed by atoms with Crippen LogP contribution in [-0.2, 0) is 14.4 Å². The monoisotopic (exact) mass is 349 g/mol. The van der Waals surface area contributed by atoms with Crippen molar-refractivity contribution in [2.75, 3.05) is 11.9 Å². The number of imide groups is 1. The Morgan fingerprint density at radius 1 is 1.12 bits per heavy atom. The zero-order chi connectivity index (χ0) is 18.1. The zero-order valence-corrected chi connectivity index (χ0v) is 14.2. The van der Waals surface area contributed by atoms with E-state index in [1.807, 2.05) is 42.5 Å². The van der Waals surface area contributed by atoms with Gasteiger partial charge >= 0.3 is 0 Å². The molecule has 0 bridgehead atoms. The Hall–Kier alpha value is -3.02. The van der Waals surface area contributed by atoms with Gasteiger partial charge in [0.25, 0.3) is 0 Å². The summed E-state index contributed by atoms with van der Waals surface area (Å²) in [5, 5.41) is 3.72. The van der Waals surface area contributed by atoms with Gasteiger partial charge in [-0.2, -0.15) is 0 Å². The molecule has 0 saturated carbocycles. The number of likely N-dealkylation sites (tertiary alicyclic amines) is 1. The van der Waals surface area contributed by atoms with Crippen molar-refractivity contribution in [1.82, 2.24) is 9.88 Å². The number of hydrogen-bond acceptors (Lipinski definition) is 4. The summed E-state index contributed by atoms with van der Waals surface area (Å²) in [5.41, 5.74) is 1.46. The van der Waals surface area contributed by atoms with E-state index in [1.165, 1.54) is 4.90 Å². The SMILES string of the molecule is O=C(CCN1C(=O)[C@H]2CC=CC[C@H]2C1=O)Nc1cnc2ccccc2c1. The lowest BCUT2D eigenvalue weighted by Crippen LogP contribution is -2.34. The number of para-hydroxylation sites is 1. The predicted octanol–water partition coefficient (Wildman–Crippen LogP) is 2.51. The molecule has 1 aromatic carbocycles. The van der Waals surface area contributed by atoms with Gasteiger partial charge in [-0.15, -0.1) is 0 Å². The number of allylic oxidation sites excluding steroid dienone is 2. The highest BCUT2D eigenvalue weighted by Gasteiger charge is 2.46. The van der Waals surface area contributed by atoms with Gasteiger partial charge in [0.05, 0.1) is 29.2 Å². The molecule has 1 aliphatic carbocycles. The van der Waals surface area contributed by atoms with Crippen LogP contribution in [0.4, 0.5) is 5.69 Å². The lowest BCUT2D eigenvalue weighted by molar-refractivity contribution is -0.140. The number of nitrogens with zero attached hydrogens (tertiary/aromatic N) is 2. The van der Waals surface area contributed by atoms with Crippen LogP contribution < -0.4 is 5.32 Å². The minimum atomic E-state index is -0.250. The van der Waals surface area contributed by atoms with Crippen LogP contribution in [0, 0.1) is 11.8 Å². The van der Waals surface area contributed by atoms with Gasteiger partial charge in [-0.3, -0.25) is 24.3 Å². The number of hydrogen-bond donors (Lipinski definition) is 1. The molecule has 1 saturated heterocycles. The van der Waals surface area contributed by atoms with Crippen LogP contribution >= 0.6 is 0 Å². The van der Waals surface area contributed by atoms with E-state index in [-0.39, 0.29) is 42.5 Å². The van der Waals surface area contributed by atoms with Crippen LogP contribution in [0.2, 0.25) is 0 Å². The lowest BCUT2D eigenvalue weighted by atomic mass is 9.85. The molecule has 2 atom stereocenters. The highest BCUT2D eigenvalue weighted by atomic mass is 16.2. The fraction of sp³-hybridized carbons (Fsp3) is 0.300. The first kappa shape index (κ1) is 16.4. The molecule has 2 aliphatic rings. The molecule has 4 rings (SSSR count). The number of anilines is 1. The maximum Gasteiger partial charge on any atom is 0.233 e. The second-order valence-corrected chi connectivity index (χ2v) is 6.70. The van der Waals surface area contributed by atoms with Crippen molar-refractivity contribution in [3.05, 3.63) is 48.7 Å². The van der Waals surface area contributed by atoms with Gasteiger partial charge in [0.15, 0.2) is 0 Å². The van der Waals surface area contributed by atoms with Crippen LogP contribution in [0.25, 0.3) is 10.9 Å². The van der Waals surface area contributed by atoms with Crippen molar-refractivity contribution in [3.8, 4) is 0 Å². The molecular formula is C20H19N3O3. The number of pyridine rings is 1. The predicted molar refractivity (Wildman–Crippen MR) is 97.1 cm³/mol. The van der Waals surface area contributed by atoms with E-state index in [0.717, 1.165) is 10.9 Å². The average molecular weight is 349 g/mol. The molecule has 0 spiro atoms. The lowest BCUT2D eigenvalue weighted by Gasteiger charge is -2.14. The first-order chi connectivity index (χ1) is 12.6. The Bertz CT molecular complexity index is 895. The molecule has 1 aromatic heterocycles. The van der Waals surface area contributed by atoms with Crippen molar-refractivity contribution >= 4 is 34.3 Å². The molecule has 3 amide bonds. The first-order valence-corrected chi connectivity index (χ1v) is 8.78. The van der Waals surface area contributed by atoms with Crippen LogP contribution in [0.3, 0.4) is 0 Å². The van der Waals surface area contributed by atoms with Crippen molar-refractivity contribution in [2.45, 2.75) is 19.3 Å². The molecule has 0 radical (unpaired) electrons. The Kier molecular flexibility index (Phi) is 4.24. The molecule has 1 aliphatic heterocycles. The van der Waals surface area contributed by atoms with Crippen LogP contribution in [0.1, 0.15) is 19.3 Å². The third-order valence-electron chi connectivity index (χ3n) is 5.04. The third-order valence-corrected chi connectivity index (χ3v) is 5.04. The molecule has 1 N–H and O–H groups in total. The number of fused-ring (bicyclic) bond motifs is 2. The molecule has 26 heavy (non-hydrogen) atoms. The normalized spacial score (nSPS) is 21.9. The minimum absolute atomic E-state index is 0.0805. The number of amides is 3. The van der Waals surface area contributed by atoms with E-state index < -0.39 is 0 Å². The number of aromatic nitrogens is 1. The summed E-state index contributed by atoms with van der Waals surface area (Å²) in [4.78, 5) is 42.6. The second kappa shape index (κ2) is 6.71. The van der Waals surface area contributed by atoms with Crippen LogP contribution in [-0.4, -0.2) is 34.2 Å². The summed E-state index contributed by atoms with van der Waals surface area (Å²) in [7, 11) is 0. The van der Waals surface area contributed by atoms with Crippen molar-refractivity contribution in [2.24, 2.45) is 11.8 Å². The Morgan fingerprint density at radius 2 is 1.81 bits per heavy atom. The topological polar surface area (TPSA) is 79.4 Å². The van der Waals surface area contributed by atoms with Crippen molar-refractivity contribution in [1.29, 1.82) is 0 Å². The van der Waals surface area contributed by atoms with Gasteiger partial charge in [-0.05, 0) is 25.0 Å². The number of carbonyl (C=O) groups excluding carboxylic acids is 3. The number of benzene rings is 1. The fourth-order valence-corrected chi connectivity index (χ4v) is 3.67. The van der Waals surface area contributed by atoms with Gasteiger partial charge in [0.1, 0.15) is 0 Å². The Balaban J connectivity index is 1.37. The molecule has 6 nitrogen and oxygen atoms in total. The van der Waals surface area contributed by atoms with Gasteiger partial charge in [0.2, 0.25) is 17.7 Å². The summed E-state index contributed by atoms with van der Waals surface area (Å²) in [6, 6.07) is 9.50. The maximum atomic E-state index is 12.4. The van der Waals surface area contributed by atoms with E-state index >= 15 is 0 Å². The molecule has 132 valence electrons. The average Bonchev–Trinajstić information content (AvgIpc) is 2.91. The van der Waals surface area contributed by atoms with Crippen LogP contribution in [0.5, 0.6) is 0 Å². The van der Waals surface area contributed by atoms with E-state index in [1.54, 1.807) is 6.20 Å². The Morgan fingerprint density at radius 3 is 2.54 bits per heavy atom. The molecule has 2 aromatic rings. The van der Waals surface area contributed by atoms with Gasteiger partial charge in [-0.25, -0.2) is 0 Å². The van der Waals surface area contributed by atoms with E-state index in [9.17, 15) is 14.4 Å². The first-order valence-electron chi connectivity index (χ1n) is 8.78. The van der Waals surface area contributed by atoms with Gasteiger partial charge < -0.3 is 5.32 Å². The minimum Gasteiger partial charge on any atom is -0.325 e. The highest BCUT2D eigenvalue weighted by Crippen LogP contribution is 2.35. The fourth-order valence-electron chi connectivity index (χ4n) is 3.67. The summed E-state index contributed by atoms with van der Waals surface area (Å²) >= 11 is 0. The summed E-state index contributed by atoms with van der Waals surface area (Å²) in [6.45, 7) is 0.123. The third kappa shape index (κ3) is 2.98. The summed E-state index contributed by atoms with van der Waals surface area (Å²) in [6.07, 6.45) is 6.82. The smallest absolute Gasteiger partial charge is 0.233 e. The van der Waals surface area contributed by atoms with E-state index in [0.29, 0.717) is 18.5 Å². The number of rotatable bonds is 4. The zero-order valence-electron chi connectivity index (χ0n) is 14.2. The highest BCUT2D eigenvalue weighted by molar-refractivity contribution is 6.06. The van der Waals surface area contributed by atoms with E-state index in [4.69, 9.17) is 0 Å². The van der Waals surface area contributed by atoms with E-state index in [2.05, 4.69) is 10.3 Å². The molecule has 0 unspecified atom stereocenters. The maximum absolute atomic E-state index is 12.4. The molecule has 2 heterocycles. The van der Waals surface area contributed by atoms with Crippen molar-refractivity contribution < 1.29 is 14.4 Å². The molecule has 6 heteroatoms. The summed E-state index contributed by atoms with van der Waals surface area (Å²) in [5.74, 6) is -1.04. The quantitative estimate of drug-likeness (QED) is 0.679. The van der Waals surface area contributed by atoms with Crippen LogP contribution in [0.15, 0.2) is 48.7 Å². The summed E-state index contributed by atoms with van der Waals surface area (Å²) < 4.78 is 0. The Labute approximate surface area is 150 Å².